The molecule has 1 fully saturated rings. The Kier molecular flexibility index (Phi) is 5.48. The van der Waals surface area contributed by atoms with Gasteiger partial charge in [-0.3, -0.25) is 5.32 Å². The molecule has 0 bridgehead atoms. The van der Waals surface area contributed by atoms with Gasteiger partial charge in [-0.25, -0.2) is 4.79 Å². The van der Waals surface area contributed by atoms with Crippen molar-refractivity contribution in [3.05, 3.63) is 24.3 Å². The number of rotatable bonds is 5. The van der Waals surface area contributed by atoms with Crippen LogP contribution in [0, 0.1) is 0 Å². The van der Waals surface area contributed by atoms with Gasteiger partial charge in [0.1, 0.15) is 12.4 Å². The summed E-state index contributed by atoms with van der Waals surface area (Å²) in [6.45, 7) is -0.517. The number of nitrogens with one attached hydrogen (secondary N) is 1. The fourth-order valence-electron chi connectivity index (χ4n) is 1.93. The molecule has 1 atom stereocenters. The highest BCUT2D eigenvalue weighted by Gasteiger charge is 2.29. The molecule has 0 radical (unpaired) electrons. The van der Waals surface area contributed by atoms with Gasteiger partial charge in [0.25, 0.3) is 0 Å². The van der Waals surface area contributed by atoms with Crippen LogP contribution in [0.15, 0.2) is 24.3 Å². The van der Waals surface area contributed by atoms with Gasteiger partial charge in [0.05, 0.1) is 6.10 Å². The Morgan fingerprint density at radius 1 is 1.41 bits per heavy atom. The highest BCUT2D eigenvalue weighted by atomic mass is 19.4. The second-order valence-corrected chi connectivity index (χ2v) is 4.79. The van der Waals surface area contributed by atoms with E-state index in [0.29, 0.717) is 12.4 Å². The average molecular weight is 319 g/mol. The van der Waals surface area contributed by atoms with Crippen LogP contribution in [0.4, 0.5) is 23.7 Å². The molecule has 8 heteroatoms. The Hall–Kier alpha value is -1.96. The van der Waals surface area contributed by atoms with E-state index >= 15 is 0 Å². The van der Waals surface area contributed by atoms with Crippen LogP contribution in [-0.4, -0.2) is 38.2 Å². The largest absolute Gasteiger partial charge is 0.491 e. The Bertz CT molecular complexity index is 501. The summed E-state index contributed by atoms with van der Waals surface area (Å²) in [7, 11) is 0. The van der Waals surface area contributed by atoms with Gasteiger partial charge in [-0.1, -0.05) is 6.07 Å². The molecule has 2 rings (SSSR count). The van der Waals surface area contributed by atoms with Crippen LogP contribution in [0.3, 0.4) is 0 Å². The predicted molar refractivity (Wildman–Crippen MR) is 71.9 cm³/mol. The van der Waals surface area contributed by atoms with Crippen LogP contribution >= 0.6 is 0 Å². The van der Waals surface area contributed by atoms with Crippen molar-refractivity contribution in [1.29, 1.82) is 0 Å². The fourth-order valence-corrected chi connectivity index (χ4v) is 1.93. The van der Waals surface area contributed by atoms with E-state index in [2.05, 4.69) is 10.1 Å². The van der Waals surface area contributed by atoms with E-state index in [9.17, 15) is 18.0 Å². The van der Waals surface area contributed by atoms with Crippen molar-refractivity contribution in [2.45, 2.75) is 25.1 Å². The number of benzene rings is 1. The zero-order chi connectivity index (χ0) is 16.0. The lowest BCUT2D eigenvalue weighted by Gasteiger charge is -2.13. The molecule has 5 nitrogen and oxygen atoms in total. The summed E-state index contributed by atoms with van der Waals surface area (Å²) in [6.07, 6.45) is -3.74. The van der Waals surface area contributed by atoms with Crippen molar-refractivity contribution in [3.8, 4) is 5.75 Å². The maximum atomic E-state index is 11.9. The molecule has 0 unspecified atom stereocenters. The van der Waals surface area contributed by atoms with E-state index in [1.165, 1.54) is 12.1 Å². The molecule has 1 amide bonds. The minimum atomic E-state index is -4.55. The maximum absolute atomic E-state index is 11.9. The second kappa shape index (κ2) is 7.35. The summed E-state index contributed by atoms with van der Waals surface area (Å²) < 4.78 is 50.8. The van der Waals surface area contributed by atoms with Gasteiger partial charge >= 0.3 is 12.3 Å². The minimum absolute atomic E-state index is 0.0494. The standard InChI is InChI=1S/C14H16F3NO4/c15-14(16,17)9-22-13(19)18-10-3-1-4-11(7-10)21-8-12-5-2-6-20-12/h1,3-4,7,12H,2,5-6,8-9H2,(H,18,19)/t12-/m0/s1. The molecule has 0 spiro atoms. The molecule has 1 heterocycles. The smallest absolute Gasteiger partial charge is 0.422 e. The van der Waals surface area contributed by atoms with Crippen LogP contribution in [0.25, 0.3) is 0 Å². The monoisotopic (exact) mass is 319 g/mol. The minimum Gasteiger partial charge on any atom is -0.491 e. The highest BCUT2D eigenvalue weighted by Crippen LogP contribution is 2.20. The van der Waals surface area contributed by atoms with Crippen molar-refractivity contribution in [3.63, 3.8) is 0 Å². The van der Waals surface area contributed by atoms with E-state index in [1.807, 2.05) is 0 Å². The lowest BCUT2D eigenvalue weighted by atomic mass is 10.2. The normalized spacial score (nSPS) is 18.0. The third-order valence-corrected chi connectivity index (χ3v) is 2.91. The van der Waals surface area contributed by atoms with Crippen molar-refractivity contribution in [2.75, 3.05) is 25.1 Å². The number of anilines is 1. The summed E-state index contributed by atoms with van der Waals surface area (Å²) in [4.78, 5) is 11.2. The Morgan fingerprint density at radius 2 is 2.23 bits per heavy atom. The maximum Gasteiger partial charge on any atom is 0.422 e. The molecule has 22 heavy (non-hydrogen) atoms. The van der Waals surface area contributed by atoms with Gasteiger partial charge < -0.3 is 14.2 Å². The third-order valence-electron chi connectivity index (χ3n) is 2.91. The predicted octanol–water partition coefficient (Wildman–Crippen LogP) is 3.36. The number of amides is 1. The summed E-state index contributed by atoms with van der Waals surface area (Å²) >= 11 is 0. The van der Waals surface area contributed by atoms with Crippen molar-refractivity contribution < 1.29 is 32.2 Å². The molecule has 122 valence electrons. The molecule has 0 aliphatic carbocycles. The van der Waals surface area contributed by atoms with Crippen LogP contribution in [-0.2, 0) is 9.47 Å². The Balaban J connectivity index is 1.81. The van der Waals surface area contributed by atoms with Crippen molar-refractivity contribution >= 4 is 11.8 Å². The summed E-state index contributed by atoms with van der Waals surface area (Å²) in [5.74, 6) is 0.490. The number of alkyl halides is 3. The van der Waals surface area contributed by atoms with Gasteiger partial charge in [0.2, 0.25) is 0 Å². The zero-order valence-corrected chi connectivity index (χ0v) is 11.7. The SMILES string of the molecule is O=C(Nc1cccc(OC[C@@H]2CCCO2)c1)OCC(F)(F)F. The first-order valence-corrected chi connectivity index (χ1v) is 6.77. The topological polar surface area (TPSA) is 56.8 Å². The molecule has 0 saturated carbocycles. The third kappa shape index (κ3) is 5.80. The fraction of sp³-hybridized carbons (Fsp3) is 0.500. The lowest BCUT2D eigenvalue weighted by molar-refractivity contribution is -0.159. The molecular weight excluding hydrogens is 303 g/mol. The van der Waals surface area contributed by atoms with Gasteiger partial charge in [0, 0.05) is 18.4 Å². The van der Waals surface area contributed by atoms with Gasteiger partial charge in [-0.05, 0) is 25.0 Å². The van der Waals surface area contributed by atoms with Gasteiger partial charge in [-0.2, -0.15) is 13.2 Å². The molecule has 1 aliphatic rings. The Morgan fingerprint density at radius 3 is 2.91 bits per heavy atom. The number of ether oxygens (including phenoxy) is 3. The molecule has 0 aromatic heterocycles. The molecule has 1 aliphatic heterocycles. The van der Waals surface area contributed by atoms with E-state index in [1.54, 1.807) is 12.1 Å². The van der Waals surface area contributed by atoms with Crippen molar-refractivity contribution in [1.82, 2.24) is 0 Å². The second-order valence-electron chi connectivity index (χ2n) is 4.79. The number of carbonyl (C=O) groups is 1. The molecule has 1 saturated heterocycles. The average Bonchev–Trinajstić information content (AvgIpc) is 2.96. The Labute approximate surface area is 125 Å². The highest BCUT2D eigenvalue weighted by molar-refractivity contribution is 5.84. The van der Waals surface area contributed by atoms with E-state index < -0.39 is 18.9 Å². The van der Waals surface area contributed by atoms with Crippen LogP contribution < -0.4 is 10.1 Å². The van der Waals surface area contributed by atoms with Crippen LogP contribution in [0.2, 0.25) is 0 Å². The first kappa shape index (κ1) is 16.4. The van der Waals surface area contributed by atoms with E-state index in [4.69, 9.17) is 9.47 Å². The van der Waals surface area contributed by atoms with Crippen molar-refractivity contribution in [2.24, 2.45) is 0 Å². The van der Waals surface area contributed by atoms with Gasteiger partial charge in [0.15, 0.2) is 6.61 Å². The number of hydrogen-bond acceptors (Lipinski definition) is 4. The number of halogens is 3. The first-order chi connectivity index (χ1) is 10.4. The first-order valence-electron chi connectivity index (χ1n) is 6.77. The molecule has 1 N–H and O–H groups in total. The summed E-state index contributed by atoms with van der Waals surface area (Å²) in [5.41, 5.74) is 0.289. The molecular formula is C14H16F3NO4. The van der Waals surface area contributed by atoms with E-state index in [0.717, 1.165) is 19.4 Å². The lowest BCUT2D eigenvalue weighted by Crippen LogP contribution is -2.23. The summed E-state index contributed by atoms with van der Waals surface area (Å²) in [6, 6.07) is 6.32. The quantitative estimate of drug-likeness (QED) is 0.904. The molecule has 1 aromatic rings. The van der Waals surface area contributed by atoms with Gasteiger partial charge in [-0.15, -0.1) is 0 Å². The molecule has 1 aromatic carbocycles. The van der Waals surface area contributed by atoms with Crippen LogP contribution in [0.5, 0.6) is 5.75 Å². The summed E-state index contributed by atoms with van der Waals surface area (Å²) in [5, 5.41) is 2.21. The van der Waals surface area contributed by atoms with E-state index in [-0.39, 0.29) is 11.8 Å². The number of carbonyl (C=O) groups excluding carboxylic acids is 1. The number of hydrogen-bond donors (Lipinski definition) is 1. The van der Waals surface area contributed by atoms with Crippen LogP contribution in [0.1, 0.15) is 12.8 Å². The zero-order valence-electron chi connectivity index (χ0n) is 11.7.